The lowest BCUT2D eigenvalue weighted by atomic mass is 9.77. The van der Waals surface area contributed by atoms with Gasteiger partial charge in [0, 0.05) is 30.3 Å². The molecule has 0 spiro atoms. The van der Waals surface area contributed by atoms with Gasteiger partial charge in [-0.05, 0) is 24.2 Å². The highest BCUT2D eigenvalue weighted by atomic mass is 32.1. The average molecular weight is 393 g/mol. The van der Waals surface area contributed by atoms with Gasteiger partial charge in [-0.1, -0.05) is 52.9 Å². The van der Waals surface area contributed by atoms with E-state index in [1.54, 1.807) is 16.2 Å². The molecule has 1 aromatic rings. The van der Waals surface area contributed by atoms with Crippen LogP contribution in [-0.4, -0.2) is 39.5 Å². The molecular formula is C21H32N2O3S. The number of thiazole rings is 1. The fraction of sp³-hybridized carbons (Fsp3) is 0.762. The second-order valence-corrected chi connectivity index (χ2v) is 10.2. The Labute approximate surface area is 166 Å². The van der Waals surface area contributed by atoms with E-state index in [2.05, 4.69) is 25.8 Å². The van der Waals surface area contributed by atoms with Gasteiger partial charge < -0.3 is 10.0 Å². The molecule has 27 heavy (non-hydrogen) atoms. The molecule has 1 aliphatic heterocycles. The van der Waals surface area contributed by atoms with Crippen LogP contribution in [0.25, 0.3) is 0 Å². The van der Waals surface area contributed by atoms with Gasteiger partial charge in [0.25, 0.3) is 0 Å². The molecule has 1 saturated heterocycles. The molecule has 2 fully saturated rings. The van der Waals surface area contributed by atoms with Gasteiger partial charge in [-0.2, -0.15) is 0 Å². The third-order valence-electron chi connectivity index (χ3n) is 6.20. The number of nitrogens with zero attached hydrogens (tertiary/aromatic N) is 2. The third kappa shape index (κ3) is 4.89. The van der Waals surface area contributed by atoms with Gasteiger partial charge in [-0.25, -0.2) is 9.78 Å². The number of hydrogen-bond acceptors (Lipinski definition) is 4. The SMILES string of the molecule is CC(C)(C)C1CC(c2nc(C(=O)CC3CCCCC3)cs2)CCN1C(=O)O. The number of likely N-dealkylation sites (tertiary alicyclic amines) is 1. The normalized spacial score (nSPS) is 24.8. The first kappa shape index (κ1) is 20.3. The molecule has 1 aromatic heterocycles. The van der Waals surface area contributed by atoms with Crippen molar-refractivity contribution in [3.8, 4) is 0 Å². The number of Topliss-reactive ketones (excluding diaryl/α,β-unsaturated/α-hetero) is 1. The number of piperidine rings is 1. The van der Waals surface area contributed by atoms with E-state index in [0.717, 1.165) is 17.8 Å². The zero-order valence-corrected chi connectivity index (χ0v) is 17.6. The first-order chi connectivity index (χ1) is 12.8. The van der Waals surface area contributed by atoms with Gasteiger partial charge in [0.15, 0.2) is 5.78 Å². The highest BCUT2D eigenvalue weighted by Gasteiger charge is 2.39. The minimum atomic E-state index is -0.837. The van der Waals surface area contributed by atoms with Crippen LogP contribution in [0.1, 0.15) is 93.6 Å². The Morgan fingerprint density at radius 1 is 1.22 bits per heavy atom. The highest BCUT2D eigenvalue weighted by molar-refractivity contribution is 7.09. The van der Waals surface area contributed by atoms with E-state index in [1.807, 2.05) is 5.38 Å². The molecule has 2 aliphatic rings. The van der Waals surface area contributed by atoms with Crippen molar-refractivity contribution in [3.63, 3.8) is 0 Å². The minimum absolute atomic E-state index is 0.0287. The van der Waals surface area contributed by atoms with Crippen LogP contribution in [-0.2, 0) is 0 Å². The summed E-state index contributed by atoms with van der Waals surface area (Å²) in [5, 5.41) is 12.4. The van der Waals surface area contributed by atoms with Crippen molar-refractivity contribution >= 4 is 23.2 Å². The number of amides is 1. The van der Waals surface area contributed by atoms with Gasteiger partial charge in [0.2, 0.25) is 0 Å². The number of carboxylic acid groups (broad SMARTS) is 1. The molecule has 1 amide bonds. The number of carbonyl (C=O) groups is 2. The summed E-state index contributed by atoms with van der Waals surface area (Å²) in [6.45, 7) is 6.82. The quantitative estimate of drug-likeness (QED) is 0.680. The molecule has 3 rings (SSSR count). The van der Waals surface area contributed by atoms with E-state index in [-0.39, 0.29) is 23.2 Å². The average Bonchev–Trinajstić information content (AvgIpc) is 3.11. The van der Waals surface area contributed by atoms with Gasteiger partial charge in [-0.3, -0.25) is 4.79 Å². The fourth-order valence-corrected chi connectivity index (χ4v) is 5.57. The first-order valence-electron chi connectivity index (χ1n) is 10.2. The zero-order valence-electron chi connectivity index (χ0n) is 16.7. The number of ketones is 1. The van der Waals surface area contributed by atoms with Crippen LogP contribution in [0, 0.1) is 11.3 Å². The molecule has 2 atom stereocenters. The summed E-state index contributed by atoms with van der Waals surface area (Å²) in [5.41, 5.74) is 0.502. The summed E-state index contributed by atoms with van der Waals surface area (Å²) < 4.78 is 0. The zero-order chi connectivity index (χ0) is 19.6. The molecule has 150 valence electrons. The Balaban J connectivity index is 1.66. The molecule has 0 aromatic carbocycles. The summed E-state index contributed by atoms with van der Waals surface area (Å²) in [6, 6.07) is -0.0287. The number of aromatic nitrogens is 1. The van der Waals surface area contributed by atoms with E-state index in [4.69, 9.17) is 0 Å². The highest BCUT2D eigenvalue weighted by Crippen LogP contribution is 2.40. The van der Waals surface area contributed by atoms with Crippen molar-refractivity contribution in [2.75, 3.05) is 6.54 Å². The Morgan fingerprint density at radius 2 is 1.93 bits per heavy atom. The van der Waals surface area contributed by atoms with E-state index >= 15 is 0 Å². The molecule has 2 unspecified atom stereocenters. The molecule has 6 heteroatoms. The Hall–Kier alpha value is -1.43. The van der Waals surface area contributed by atoms with Crippen molar-refractivity contribution in [2.45, 2.75) is 84.1 Å². The number of carbonyl (C=O) groups excluding carboxylic acids is 1. The van der Waals surface area contributed by atoms with Crippen LogP contribution >= 0.6 is 11.3 Å². The molecule has 1 N–H and O–H groups in total. The van der Waals surface area contributed by atoms with Crippen molar-refractivity contribution in [1.29, 1.82) is 0 Å². The largest absolute Gasteiger partial charge is 0.465 e. The maximum atomic E-state index is 12.6. The third-order valence-corrected chi connectivity index (χ3v) is 7.21. The van der Waals surface area contributed by atoms with E-state index in [9.17, 15) is 14.7 Å². The smallest absolute Gasteiger partial charge is 0.407 e. The minimum Gasteiger partial charge on any atom is -0.465 e. The van der Waals surface area contributed by atoms with Crippen molar-refractivity contribution in [3.05, 3.63) is 16.1 Å². The van der Waals surface area contributed by atoms with Gasteiger partial charge >= 0.3 is 6.09 Å². The lowest BCUT2D eigenvalue weighted by Gasteiger charge is -2.44. The maximum absolute atomic E-state index is 12.6. The second-order valence-electron chi connectivity index (χ2n) is 9.28. The van der Waals surface area contributed by atoms with Gasteiger partial charge in [0.05, 0.1) is 5.01 Å². The molecule has 0 radical (unpaired) electrons. The van der Waals surface area contributed by atoms with E-state index < -0.39 is 6.09 Å². The summed E-state index contributed by atoms with van der Waals surface area (Å²) in [4.78, 5) is 30.5. The summed E-state index contributed by atoms with van der Waals surface area (Å²) in [5.74, 6) is 0.950. The second kappa shape index (κ2) is 8.29. The monoisotopic (exact) mass is 392 g/mol. The fourth-order valence-electron chi connectivity index (χ4n) is 4.60. The molecule has 0 bridgehead atoms. The maximum Gasteiger partial charge on any atom is 0.407 e. The van der Waals surface area contributed by atoms with Crippen LogP contribution in [0.2, 0.25) is 0 Å². The predicted octanol–water partition coefficient (Wildman–Crippen LogP) is 5.57. The number of rotatable bonds is 4. The van der Waals surface area contributed by atoms with Crippen LogP contribution in [0.5, 0.6) is 0 Å². The lowest BCUT2D eigenvalue weighted by molar-refractivity contribution is 0.0525. The van der Waals surface area contributed by atoms with Crippen molar-refractivity contribution in [2.24, 2.45) is 11.3 Å². The molecule has 2 heterocycles. The van der Waals surface area contributed by atoms with Gasteiger partial charge in [-0.15, -0.1) is 11.3 Å². The van der Waals surface area contributed by atoms with Crippen molar-refractivity contribution in [1.82, 2.24) is 9.88 Å². The Bertz CT molecular complexity index is 673. The standard InChI is InChI=1S/C21H32N2O3S/c1-21(2,3)18-12-15(9-10-23(18)20(25)26)19-22-16(13-27-19)17(24)11-14-7-5-4-6-8-14/h13-15,18H,4-12H2,1-3H3,(H,25,26). The van der Waals surface area contributed by atoms with E-state index in [0.29, 0.717) is 24.6 Å². The Kier molecular flexibility index (Phi) is 6.24. The van der Waals surface area contributed by atoms with Crippen molar-refractivity contribution < 1.29 is 14.7 Å². The van der Waals surface area contributed by atoms with Crippen LogP contribution in [0.4, 0.5) is 4.79 Å². The molecule has 1 aliphatic carbocycles. The van der Waals surface area contributed by atoms with Crippen LogP contribution in [0.15, 0.2) is 5.38 Å². The summed E-state index contributed by atoms with van der Waals surface area (Å²) >= 11 is 1.57. The summed E-state index contributed by atoms with van der Waals surface area (Å²) in [6.07, 6.45) is 7.49. The topological polar surface area (TPSA) is 70.5 Å². The first-order valence-corrected chi connectivity index (χ1v) is 11.1. The predicted molar refractivity (Wildman–Crippen MR) is 108 cm³/mol. The van der Waals surface area contributed by atoms with E-state index in [1.165, 1.54) is 32.1 Å². The lowest BCUT2D eigenvalue weighted by Crippen LogP contribution is -2.51. The van der Waals surface area contributed by atoms with Crippen LogP contribution in [0.3, 0.4) is 0 Å². The van der Waals surface area contributed by atoms with Gasteiger partial charge in [0.1, 0.15) is 5.69 Å². The molecule has 1 saturated carbocycles. The van der Waals surface area contributed by atoms with Crippen LogP contribution < -0.4 is 0 Å². The Morgan fingerprint density at radius 3 is 2.56 bits per heavy atom. The molecular weight excluding hydrogens is 360 g/mol. The number of hydrogen-bond donors (Lipinski definition) is 1. The molecule has 5 nitrogen and oxygen atoms in total. The summed E-state index contributed by atoms with van der Waals surface area (Å²) in [7, 11) is 0.